The third-order valence-corrected chi connectivity index (χ3v) is 5.37. The zero-order chi connectivity index (χ0) is 23.2. The van der Waals surface area contributed by atoms with E-state index in [0.29, 0.717) is 42.4 Å². The van der Waals surface area contributed by atoms with Gasteiger partial charge in [-0.2, -0.15) is 4.98 Å². The van der Waals surface area contributed by atoms with Gasteiger partial charge in [0.05, 0.1) is 23.8 Å². The first kappa shape index (κ1) is 22.8. The van der Waals surface area contributed by atoms with Gasteiger partial charge in [-0.25, -0.2) is 14.2 Å². The highest BCUT2D eigenvalue weighted by Crippen LogP contribution is 2.28. The van der Waals surface area contributed by atoms with Crippen molar-refractivity contribution < 1.29 is 19.0 Å². The van der Waals surface area contributed by atoms with Crippen LogP contribution in [0.25, 0.3) is 11.1 Å². The second kappa shape index (κ2) is 10.5. The van der Waals surface area contributed by atoms with Crippen molar-refractivity contribution in [3.05, 3.63) is 59.3 Å². The van der Waals surface area contributed by atoms with Crippen molar-refractivity contribution in [3.63, 3.8) is 0 Å². The fourth-order valence-corrected chi connectivity index (χ4v) is 3.53. The average molecular weight is 473 g/mol. The van der Waals surface area contributed by atoms with E-state index in [-0.39, 0.29) is 16.5 Å². The molecular weight excluding hydrogens is 451 g/mol. The van der Waals surface area contributed by atoms with Crippen LogP contribution in [-0.4, -0.2) is 70.3 Å². The molecule has 0 amide bonds. The Labute approximate surface area is 194 Å². The first-order valence-electron chi connectivity index (χ1n) is 10.3. The molecule has 0 unspecified atom stereocenters. The number of hydrogen-bond donors (Lipinski definition) is 3. The van der Waals surface area contributed by atoms with Gasteiger partial charge in [0.25, 0.3) is 0 Å². The Balaban J connectivity index is 1.59. The van der Waals surface area contributed by atoms with Crippen LogP contribution in [0.3, 0.4) is 0 Å². The third kappa shape index (κ3) is 5.92. The number of rotatable bonds is 8. The number of pyridine rings is 1. The van der Waals surface area contributed by atoms with E-state index in [9.17, 15) is 14.3 Å². The van der Waals surface area contributed by atoms with Crippen LogP contribution in [0.4, 0.5) is 21.8 Å². The number of ether oxygens (including phenoxy) is 1. The monoisotopic (exact) mass is 472 g/mol. The Kier molecular flexibility index (Phi) is 7.28. The van der Waals surface area contributed by atoms with Gasteiger partial charge >= 0.3 is 5.97 Å². The van der Waals surface area contributed by atoms with Gasteiger partial charge in [-0.05, 0) is 24.3 Å². The molecule has 2 aromatic heterocycles. The van der Waals surface area contributed by atoms with Crippen molar-refractivity contribution in [2.45, 2.75) is 0 Å². The summed E-state index contributed by atoms with van der Waals surface area (Å²) in [4.78, 5) is 26.6. The Bertz CT molecular complexity index is 1140. The van der Waals surface area contributed by atoms with E-state index in [1.54, 1.807) is 12.4 Å². The summed E-state index contributed by atoms with van der Waals surface area (Å²) in [7, 11) is 0. The number of halogens is 2. The van der Waals surface area contributed by atoms with Crippen LogP contribution in [-0.2, 0) is 4.74 Å². The highest BCUT2D eigenvalue weighted by molar-refractivity contribution is 6.31. The van der Waals surface area contributed by atoms with E-state index in [2.05, 4.69) is 30.5 Å². The molecule has 11 heteroatoms. The minimum atomic E-state index is -1.07. The maximum absolute atomic E-state index is 13.5. The lowest BCUT2D eigenvalue weighted by molar-refractivity contribution is 0.0398. The van der Waals surface area contributed by atoms with Gasteiger partial charge in [-0.1, -0.05) is 11.6 Å². The summed E-state index contributed by atoms with van der Waals surface area (Å²) in [5, 5.41) is 15.6. The van der Waals surface area contributed by atoms with E-state index >= 15 is 0 Å². The second-order valence-corrected chi connectivity index (χ2v) is 7.77. The standard InChI is InChI=1S/C22H22ClFN6O3/c23-18-10-16(1-2-19(18)24)28-22-27-13-17(14-9-15(21(31)32)12-25-11-14)20(29-22)26-3-4-30-5-7-33-8-6-30/h1-2,9-13H,3-8H2,(H,31,32)(H2,26,27,28,29). The zero-order valence-electron chi connectivity index (χ0n) is 17.6. The number of nitrogens with one attached hydrogen (secondary N) is 2. The molecule has 0 saturated carbocycles. The van der Waals surface area contributed by atoms with Crippen molar-refractivity contribution in [2.75, 3.05) is 50.0 Å². The number of anilines is 3. The van der Waals surface area contributed by atoms with Crippen molar-refractivity contribution in [3.8, 4) is 11.1 Å². The smallest absolute Gasteiger partial charge is 0.337 e. The number of aromatic nitrogens is 3. The highest BCUT2D eigenvalue weighted by atomic mass is 35.5. The summed E-state index contributed by atoms with van der Waals surface area (Å²) in [6.45, 7) is 4.54. The molecule has 0 aliphatic carbocycles. The van der Waals surface area contributed by atoms with Crippen LogP contribution < -0.4 is 10.6 Å². The summed E-state index contributed by atoms with van der Waals surface area (Å²) in [5.41, 5.74) is 1.77. The molecule has 1 saturated heterocycles. The lowest BCUT2D eigenvalue weighted by Gasteiger charge is -2.26. The fourth-order valence-electron chi connectivity index (χ4n) is 3.35. The molecule has 1 aliphatic rings. The van der Waals surface area contributed by atoms with Crippen molar-refractivity contribution in [2.24, 2.45) is 0 Å². The quantitative estimate of drug-likeness (QED) is 0.453. The fraction of sp³-hybridized carbons (Fsp3) is 0.273. The van der Waals surface area contributed by atoms with Gasteiger partial charge in [-0.3, -0.25) is 9.88 Å². The Morgan fingerprint density at radius 1 is 1.21 bits per heavy atom. The SMILES string of the molecule is O=C(O)c1cncc(-c2cnc(Nc3ccc(F)c(Cl)c3)nc2NCCN2CCOCC2)c1. The van der Waals surface area contributed by atoms with Gasteiger partial charge in [0.1, 0.15) is 11.6 Å². The summed E-state index contributed by atoms with van der Waals surface area (Å²) in [5.74, 6) is -0.802. The first-order chi connectivity index (χ1) is 16.0. The molecule has 3 N–H and O–H groups in total. The van der Waals surface area contributed by atoms with E-state index in [1.165, 1.54) is 30.5 Å². The summed E-state index contributed by atoms with van der Waals surface area (Å²) in [6, 6.07) is 5.75. The molecule has 0 bridgehead atoms. The number of nitrogens with zero attached hydrogens (tertiary/aromatic N) is 4. The minimum Gasteiger partial charge on any atom is -0.478 e. The van der Waals surface area contributed by atoms with E-state index in [0.717, 1.165) is 19.6 Å². The number of morpholine rings is 1. The summed E-state index contributed by atoms with van der Waals surface area (Å²) in [6.07, 6.45) is 4.43. The van der Waals surface area contributed by atoms with E-state index < -0.39 is 11.8 Å². The van der Waals surface area contributed by atoms with Crippen LogP contribution >= 0.6 is 11.6 Å². The molecule has 33 heavy (non-hydrogen) atoms. The van der Waals surface area contributed by atoms with Gasteiger partial charge in [-0.15, -0.1) is 0 Å². The number of hydrogen-bond acceptors (Lipinski definition) is 8. The molecule has 0 atom stereocenters. The zero-order valence-corrected chi connectivity index (χ0v) is 18.3. The molecular formula is C22H22ClFN6O3. The molecule has 1 aliphatic heterocycles. The molecule has 3 heterocycles. The van der Waals surface area contributed by atoms with Gasteiger partial charge in [0.15, 0.2) is 0 Å². The van der Waals surface area contributed by atoms with Crippen LogP contribution in [0.2, 0.25) is 5.02 Å². The minimum absolute atomic E-state index is 0.0166. The molecule has 172 valence electrons. The van der Waals surface area contributed by atoms with Gasteiger partial charge in [0.2, 0.25) is 5.95 Å². The summed E-state index contributed by atoms with van der Waals surface area (Å²) < 4.78 is 18.8. The van der Waals surface area contributed by atoms with Crippen molar-refractivity contribution in [1.29, 1.82) is 0 Å². The first-order valence-corrected chi connectivity index (χ1v) is 10.7. The van der Waals surface area contributed by atoms with E-state index in [1.807, 2.05) is 0 Å². The van der Waals surface area contributed by atoms with Crippen LogP contribution in [0.1, 0.15) is 10.4 Å². The highest BCUT2D eigenvalue weighted by Gasteiger charge is 2.15. The number of carboxylic acids is 1. The lowest BCUT2D eigenvalue weighted by Crippen LogP contribution is -2.39. The van der Waals surface area contributed by atoms with Gasteiger partial charge in [0, 0.05) is 61.6 Å². The average Bonchev–Trinajstić information content (AvgIpc) is 2.82. The Hall–Kier alpha value is -3.34. The molecule has 4 rings (SSSR count). The predicted octanol–water partition coefficient (Wildman–Crippen LogP) is 3.52. The van der Waals surface area contributed by atoms with Crippen molar-refractivity contribution in [1.82, 2.24) is 19.9 Å². The number of benzene rings is 1. The molecule has 9 nitrogen and oxygen atoms in total. The Morgan fingerprint density at radius 3 is 2.79 bits per heavy atom. The van der Waals surface area contributed by atoms with Gasteiger partial charge < -0.3 is 20.5 Å². The number of carboxylic acid groups (broad SMARTS) is 1. The maximum Gasteiger partial charge on any atom is 0.337 e. The van der Waals surface area contributed by atoms with Crippen LogP contribution in [0.15, 0.2) is 42.9 Å². The molecule has 0 spiro atoms. The lowest BCUT2D eigenvalue weighted by atomic mass is 10.1. The summed E-state index contributed by atoms with van der Waals surface area (Å²) >= 11 is 5.86. The number of aromatic carboxylic acids is 1. The Morgan fingerprint density at radius 2 is 2.03 bits per heavy atom. The molecule has 1 fully saturated rings. The number of carbonyl (C=O) groups is 1. The predicted molar refractivity (Wildman–Crippen MR) is 123 cm³/mol. The largest absolute Gasteiger partial charge is 0.478 e. The maximum atomic E-state index is 13.5. The third-order valence-electron chi connectivity index (χ3n) is 5.08. The van der Waals surface area contributed by atoms with Crippen LogP contribution in [0.5, 0.6) is 0 Å². The van der Waals surface area contributed by atoms with Crippen LogP contribution in [0, 0.1) is 5.82 Å². The normalized spacial score (nSPS) is 14.1. The molecule has 1 aromatic carbocycles. The molecule has 0 radical (unpaired) electrons. The van der Waals surface area contributed by atoms with Crippen molar-refractivity contribution >= 4 is 35.0 Å². The second-order valence-electron chi connectivity index (χ2n) is 7.36. The topological polar surface area (TPSA) is 112 Å². The molecule has 3 aromatic rings. The van der Waals surface area contributed by atoms with E-state index in [4.69, 9.17) is 16.3 Å².